The first-order valence-corrected chi connectivity index (χ1v) is 15.2. The molecular weight excluding hydrogens is 470 g/mol. The van der Waals surface area contributed by atoms with E-state index in [1.54, 1.807) is 36.4 Å². The number of esters is 1. The molecule has 0 amide bonds. The van der Waals surface area contributed by atoms with Crippen LogP contribution in [0, 0.1) is 11.3 Å². The van der Waals surface area contributed by atoms with Crippen LogP contribution in [0.3, 0.4) is 0 Å². The first-order chi connectivity index (χ1) is 18.7. The van der Waals surface area contributed by atoms with E-state index >= 15 is 0 Å². The van der Waals surface area contributed by atoms with Gasteiger partial charge in [0, 0.05) is 0 Å². The monoisotopic (exact) mass is 519 g/mol. The summed E-state index contributed by atoms with van der Waals surface area (Å²) in [4.78, 5) is 12.3. The van der Waals surface area contributed by atoms with Crippen LogP contribution >= 0.6 is 0 Å². The van der Waals surface area contributed by atoms with E-state index in [1.165, 1.54) is 109 Å². The van der Waals surface area contributed by atoms with Crippen LogP contribution in [0.4, 0.5) is 0 Å². The molecule has 208 valence electrons. The number of hydrogen-bond donors (Lipinski definition) is 0. The van der Waals surface area contributed by atoms with Gasteiger partial charge in [0.15, 0.2) is 0 Å². The van der Waals surface area contributed by atoms with Gasteiger partial charge < -0.3 is 9.47 Å². The highest BCUT2D eigenvalue weighted by atomic mass is 16.5. The highest BCUT2D eigenvalue weighted by molar-refractivity contribution is 5.91. The van der Waals surface area contributed by atoms with Crippen molar-refractivity contribution in [1.82, 2.24) is 0 Å². The molecule has 0 atom stereocenters. The van der Waals surface area contributed by atoms with Crippen molar-refractivity contribution in [3.63, 3.8) is 0 Å². The van der Waals surface area contributed by atoms with Crippen LogP contribution in [0.2, 0.25) is 0 Å². The van der Waals surface area contributed by atoms with Gasteiger partial charge in [0.1, 0.15) is 11.5 Å². The molecular formula is C34H49NO3. The Labute approximate surface area is 231 Å². The van der Waals surface area contributed by atoms with Crippen LogP contribution in [0.15, 0.2) is 48.5 Å². The minimum absolute atomic E-state index is 0.420. The van der Waals surface area contributed by atoms with Crippen LogP contribution in [-0.2, 0) is 0 Å². The topological polar surface area (TPSA) is 59.3 Å². The molecule has 4 heteroatoms. The Hall–Kier alpha value is -2.80. The summed E-state index contributed by atoms with van der Waals surface area (Å²) < 4.78 is 11.2. The van der Waals surface area contributed by atoms with Crippen LogP contribution in [0.1, 0.15) is 138 Å². The van der Waals surface area contributed by atoms with Crippen LogP contribution in [-0.4, -0.2) is 12.6 Å². The molecule has 0 saturated heterocycles. The van der Waals surface area contributed by atoms with Crippen molar-refractivity contribution in [3.8, 4) is 17.6 Å². The number of rotatable bonds is 22. The zero-order valence-electron chi connectivity index (χ0n) is 23.7. The lowest BCUT2D eigenvalue weighted by Crippen LogP contribution is -2.08. The van der Waals surface area contributed by atoms with E-state index in [2.05, 4.69) is 6.92 Å². The molecule has 0 radical (unpaired) electrons. The van der Waals surface area contributed by atoms with Crippen molar-refractivity contribution in [3.05, 3.63) is 59.7 Å². The molecule has 0 saturated carbocycles. The number of carbonyl (C=O) groups excluding carboxylic acids is 1. The molecule has 0 spiro atoms. The van der Waals surface area contributed by atoms with Gasteiger partial charge in [-0.05, 0) is 55.0 Å². The minimum Gasteiger partial charge on any atom is -0.494 e. The van der Waals surface area contributed by atoms with Crippen molar-refractivity contribution < 1.29 is 14.3 Å². The molecule has 2 rings (SSSR count). The maximum atomic E-state index is 12.3. The van der Waals surface area contributed by atoms with Crippen molar-refractivity contribution in [2.24, 2.45) is 0 Å². The molecule has 0 N–H and O–H groups in total. The van der Waals surface area contributed by atoms with Crippen molar-refractivity contribution in [1.29, 1.82) is 5.26 Å². The summed E-state index contributed by atoms with van der Waals surface area (Å²) >= 11 is 0. The Morgan fingerprint density at radius 2 is 1.03 bits per heavy atom. The predicted octanol–water partition coefficient (Wildman–Crippen LogP) is 10.2. The summed E-state index contributed by atoms with van der Waals surface area (Å²) in [6.45, 7) is 2.99. The average molecular weight is 520 g/mol. The van der Waals surface area contributed by atoms with E-state index in [1.807, 2.05) is 18.2 Å². The third-order valence-electron chi connectivity index (χ3n) is 7.05. The van der Waals surface area contributed by atoms with E-state index in [9.17, 15) is 4.79 Å². The maximum absolute atomic E-state index is 12.3. The zero-order valence-corrected chi connectivity index (χ0v) is 23.7. The SMILES string of the molecule is CCCCCCCCCCCCCCCCCCCCOc1ccc(C(=O)Oc2ccc(C#N)cc2)cc1. The van der Waals surface area contributed by atoms with Gasteiger partial charge in [0.2, 0.25) is 0 Å². The number of nitrogens with zero attached hydrogens (tertiary/aromatic N) is 1. The quantitative estimate of drug-likeness (QED) is 0.0882. The largest absolute Gasteiger partial charge is 0.494 e. The Kier molecular flexibility index (Phi) is 17.5. The third kappa shape index (κ3) is 14.8. The van der Waals surface area contributed by atoms with Gasteiger partial charge in [-0.1, -0.05) is 116 Å². The average Bonchev–Trinajstić information content (AvgIpc) is 2.95. The molecule has 0 aliphatic rings. The summed E-state index contributed by atoms with van der Waals surface area (Å²) in [5.41, 5.74) is 0.996. The number of carbonyl (C=O) groups is 1. The second-order valence-electron chi connectivity index (χ2n) is 10.4. The number of nitriles is 1. The molecule has 2 aromatic carbocycles. The van der Waals surface area contributed by atoms with E-state index in [0.29, 0.717) is 23.5 Å². The summed E-state index contributed by atoms with van der Waals surface area (Å²) in [7, 11) is 0. The summed E-state index contributed by atoms with van der Waals surface area (Å²) in [6.07, 6.45) is 24.7. The fraction of sp³-hybridized carbons (Fsp3) is 0.588. The second-order valence-corrected chi connectivity index (χ2v) is 10.4. The minimum atomic E-state index is -0.426. The molecule has 4 nitrogen and oxygen atoms in total. The predicted molar refractivity (Wildman–Crippen MR) is 157 cm³/mol. The summed E-state index contributed by atoms with van der Waals surface area (Å²) in [5, 5.41) is 8.85. The molecule has 0 unspecified atom stereocenters. The number of unbranched alkanes of at least 4 members (excludes halogenated alkanes) is 17. The maximum Gasteiger partial charge on any atom is 0.343 e. The molecule has 0 aromatic heterocycles. The van der Waals surface area contributed by atoms with Crippen molar-refractivity contribution in [2.45, 2.75) is 122 Å². The van der Waals surface area contributed by atoms with Crippen LogP contribution < -0.4 is 9.47 Å². The fourth-order valence-electron chi connectivity index (χ4n) is 4.64. The van der Waals surface area contributed by atoms with E-state index in [4.69, 9.17) is 14.7 Å². The van der Waals surface area contributed by atoms with Gasteiger partial charge in [-0.2, -0.15) is 5.26 Å². The van der Waals surface area contributed by atoms with Gasteiger partial charge in [-0.15, -0.1) is 0 Å². The first kappa shape index (κ1) is 31.4. The van der Waals surface area contributed by atoms with Crippen molar-refractivity contribution >= 4 is 5.97 Å². The standard InChI is InChI=1S/C34H49NO3/c1-2-3-4-5-6-7-8-9-10-11-12-13-14-15-16-17-18-19-28-37-32-26-22-31(23-27-32)34(36)38-33-24-20-30(29-35)21-25-33/h20-27H,2-19,28H2,1H3. The lowest BCUT2D eigenvalue weighted by atomic mass is 10.0. The van der Waals surface area contributed by atoms with Gasteiger partial charge in [0.05, 0.1) is 23.8 Å². The summed E-state index contributed by atoms with van der Waals surface area (Å²) in [6, 6.07) is 15.6. The zero-order chi connectivity index (χ0) is 27.1. The molecule has 2 aromatic rings. The molecule has 0 bridgehead atoms. The van der Waals surface area contributed by atoms with Gasteiger partial charge >= 0.3 is 5.97 Å². The summed E-state index contributed by atoms with van der Waals surface area (Å²) in [5.74, 6) is 0.764. The third-order valence-corrected chi connectivity index (χ3v) is 7.05. The lowest BCUT2D eigenvalue weighted by molar-refractivity contribution is 0.0734. The lowest BCUT2D eigenvalue weighted by Gasteiger charge is -2.08. The molecule has 0 aliphatic carbocycles. The van der Waals surface area contributed by atoms with Gasteiger partial charge in [-0.3, -0.25) is 0 Å². The molecule has 0 heterocycles. The van der Waals surface area contributed by atoms with Crippen molar-refractivity contribution in [2.75, 3.05) is 6.61 Å². The number of hydrogen-bond acceptors (Lipinski definition) is 4. The molecule has 38 heavy (non-hydrogen) atoms. The Balaban J connectivity index is 1.39. The highest BCUT2D eigenvalue weighted by Crippen LogP contribution is 2.18. The Morgan fingerprint density at radius 1 is 0.605 bits per heavy atom. The van der Waals surface area contributed by atoms with E-state index < -0.39 is 5.97 Å². The Bertz CT molecular complexity index is 899. The normalized spacial score (nSPS) is 10.7. The van der Waals surface area contributed by atoms with Gasteiger partial charge in [-0.25, -0.2) is 4.79 Å². The molecule has 0 aliphatic heterocycles. The second kappa shape index (κ2) is 21.2. The first-order valence-electron chi connectivity index (χ1n) is 15.2. The van der Waals surface area contributed by atoms with E-state index in [0.717, 1.165) is 12.2 Å². The fourth-order valence-corrected chi connectivity index (χ4v) is 4.64. The number of benzene rings is 2. The smallest absolute Gasteiger partial charge is 0.343 e. The van der Waals surface area contributed by atoms with Crippen LogP contribution in [0.25, 0.3) is 0 Å². The van der Waals surface area contributed by atoms with E-state index in [-0.39, 0.29) is 0 Å². The number of ether oxygens (including phenoxy) is 2. The van der Waals surface area contributed by atoms with Gasteiger partial charge in [0.25, 0.3) is 0 Å². The Morgan fingerprint density at radius 3 is 1.47 bits per heavy atom. The highest BCUT2D eigenvalue weighted by Gasteiger charge is 2.09. The molecule has 0 fully saturated rings. The van der Waals surface area contributed by atoms with Crippen LogP contribution in [0.5, 0.6) is 11.5 Å².